The van der Waals surface area contributed by atoms with E-state index in [2.05, 4.69) is 32.2 Å². The summed E-state index contributed by atoms with van der Waals surface area (Å²) in [5.74, 6) is -2.78. The molecule has 0 fully saturated rings. The van der Waals surface area contributed by atoms with E-state index in [0.29, 0.717) is 12.1 Å². The van der Waals surface area contributed by atoms with Gasteiger partial charge in [-0.15, -0.1) is 0 Å². The van der Waals surface area contributed by atoms with E-state index in [4.69, 9.17) is 9.90 Å². The number of benzene rings is 1. The van der Waals surface area contributed by atoms with Crippen molar-refractivity contribution < 1.29 is 23.9 Å². The average molecular weight is 491 g/mol. The third-order valence-corrected chi connectivity index (χ3v) is 5.05. The van der Waals surface area contributed by atoms with Gasteiger partial charge in [0.15, 0.2) is 5.78 Å². The van der Waals surface area contributed by atoms with Gasteiger partial charge in [0.05, 0.1) is 18.5 Å². The summed E-state index contributed by atoms with van der Waals surface area (Å²) in [6.07, 6.45) is 1.70. The minimum Gasteiger partial charge on any atom is -0.481 e. The van der Waals surface area contributed by atoms with Crippen LogP contribution in [0.5, 0.6) is 0 Å². The normalized spacial score (nSPS) is 12.1. The number of amides is 1. The topological polar surface area (TPSA) is 105 Å². The summed E-state index contributed by atoms with van der Waals surface area (Å²) in [7, 11) is 0. The Morgan fingerprint density at radius 3 is 2.11 bits per heavy atom. The van der Waals surface area contributed by atoms with Crippen LogP contribution < -0.4 is 10.9 Å². The number of Topliss-reactive ketones (excluding diaryl/α,β-unsaturated/α-hetero) is 1. The summed E-state index contributed by atoms with van der Waals surface area (Å²) in [6.45, 7) is 13.7. The zero-order valence-corrected chi connectivity index (χ0v) is 22.0. The monoisotopic (exact) mass is 490 g/mol. The molecule has 1 heterocycles. The molecule has 2 atom stereocenters. The predicted octanol–water partition coefficient (Wildman–Crippen LogP) is 4.46. The first-order valence-electron chi connectivity index (χ1n) is 11.7. The van der Waals surface area contributed by atoms with Gasteiger partial charge in [-0.2, -0.15) is 0 Å². The second-order valence-corrected chi connectivity index (χ2v) is 8.87. The lowest BCUT2D eigenvalue weighted by molar-refractivity contribution is -0.134. The third kappa shape index (κ3) is 10.2. The second-order valence-electron chi connectivity index (χ2n) is 8.87. The zero-order chi connectivity index (χ0) is 27.3. The molecule has 1 aromatic heterocycles. The van der Waals surface area contributed by atoms with Crippen LogP contribution in [-0.2, 0) is 26.3 Å². The van der Waals surface area contributed by atoms with Gasteiger partial charge in [0.25, 0.3) is 11.5 Å². The molecule has 2 unspecified atom stereocenters. The molecule has 0 radical (unpaired) electrons. The van der Waals surface area contributed by atoms with Gasteiger partial charge in [-0.25, -0.2) is 4.39 Å². The van der Waals surface area contributed by atoms with Crippen molar-refractivity contribution in [3.8, 4) is 0 Å². The summed E-state index contributed by atoms with van der Waals surface area (Å²) in [4.78, 5) is 45.8. The second kappa shape index (κ2) is 14.9. The maximum Gasteiger partial charge on any atom is 0.300 e. The molecule has 2 rings (SSSR count). The standard InChI is InChI=1S/C23H29FN2O3.C2H4O2.C2H6/c1-15(21(28)25-16(2)20(27)13-24)18-10-8-12-26(22(18)29)14-17-9-6-7-11-19(17)23(3,4)5;1-2(3)4;1-2/h6-12,15-16H,13-14H2,1-5H3,(H,25,28);1H3,(H,3,4);1-2H3. The molecule has 35 heavy (non-hydrogen) atoms. The number of nitrogens with zero attached hydrogens (tertiary/aromatic N) is 1. The van der Waals surface area contributed by atoms with Crippen molar-refractivity contribution in [1.82, 2.24) is 9.88 Å². The number of aromatic nitrogens is 1. The van der Waals surface area contributed by atoms with Gasteiger partial charge in [-0.05, 0) is 36.5 Å². The summed E-state index contributed by atoms with van der Waals surface area (Å²) >= 11 is 0. The average Bonchev–Trinajstić information content (AvgIpc) is 2.80. The molecule has 0 aliphatic carbocycles. The van der Waals surface area contributed by atoms with Crippen molar-refractivity contribution in [2.24, 2.45) is 0 Å². The van der Waals surface area contributed by atoms with Crippen molar-refractivity contribution in [1.29, 1.82) is 0 Å². The number of ketones is 1. The lowest BCUT2D eigenvalue weighted by Crippen LogP contribution is -2.42. The molecule has 0 saturated carbocycles. The van der Waals surface area contributed by atoms with E-state index in [-0.39, 0.29) is 11.0 Å². The maximum absolute atomic E-state index is 13.0. The number of carboxylic acid groups (broad SMARTS) is 1. The molecule has 0 saturated heterocycles. The predicted molar refractivity (Wildman–Crippen MR) is 137 cm³/mol. The third-order valence-electron chi connectivity index (χ3n) is 5.05. The molecule has 2 aromatic rings. The van der Waals surface area contributed by atoms with Gasteiger partial charge >= 0.3 is 0 Å². The molecule has 194 valence electrons. The zero-order valence-electron chi connectivity index (χ0n) is 22.0. The van der Waals surface area contributed by atoms with Crippen LogP contribution in [0.15, 0.2) is 47.4 Å². The van der Waals surface area contributed by atoms with Gasteiger partial charge in [-0.1, -0.05) is 65.0 Å². The smallest absolute Gasteiger partial charge is 0.300 e. The van der Waals surface area contributed by atoms with Crippen molar-refractivity contribution >= 4 is 17.7 Å². The Bertz CT molecular complexity index is 1040. The summed E-state index contributed by atoms with van der Waals surface area (Å²) in [5, 5.41) is 9.89. The first kappa shape index (κ1) is 31.7. The molecule has 8 heteroatoms. The lowest BCUT2D eigenvalue weighted by Gasteiger charge is -2.23. The molecular weight excluding hydrogens is 451 g/mol. The number of rotatable bonds is 7. The minimum atomic E-state index is -1.14. The fraction of sp³-hybridized carbons (Fsp3) is 0.481. The van der Waals surface area contributed by atoms with E-state index in [0.717, 1.165) is 18.1 Å². The maximum atomic E-state index is 13.0. The minimum absolute atomic E-state index is 0.0654. The molecule has 0 spiro atoms. The summed E-state index contributed by atoms with van der Waals surface area (Å²) < 4.78 is 14.1. The van der Waals surface area contributed by atoms with Crippen LogP contribution >= 0.6 is 0 Å². The molecule has 1 amide bonds. The first-order valence-corrected chi connectivity index (χ1v) is 11.7. The largest absolute Gasteiger partial charge is 0.481 e. The highest BCUT2D eigenvalue weighted by molar-refractivity contribution is 5.91. The number of carbonyl (C=O) groups is 3. The number of aliphatic carboxylic acids is 1. The molecule has 0 aliphatic rings. The van der Waals surface area contributed by atoms with Crippen LogP contribution in [0.2, 0.25) is 0 Å². The van der Waals surface area contributed by atoms with E-state index in [1.807, 2.05) is 32.0 Å². The number of halogens is 1. The number of alkyl halides is 1. The quantitative estimate of drug-likeness (QED) is 0.596. The highest BCUT2D eigenvalue weighted by atomic mass is 19.1. The molecule has 1 aromatic carbocycles. The number of hydrogen-bond donors (Lipinski definition) is 2. The van der Waals surface area contributed by atoms with Crippen LogP contribution in [-0.4, -0.2) is 40.0 Å². The van der Waals surface area contributed by atoms with Crippen molar-refractivity contribution in [3.63, 3.8) is 0 Å². The highest BCUT2D eigenvalue weighted by Crippen LogP contribution is 2.26. The van der Waals surface area contributed by atoms with Crippen LogP contribution in [0, 0.1) is 0 Å². The molecular formula is C27H39FN2O5. The van der Waals surface area contributed by atoms with E-state index < -0.39 is 36.3 Å². The molecule has 0 aliphatic heterocycles. The number of carboxylic acids is 1. The van der Waals surface area contributed by atoms with E-state index >= 15 is 0 Å². The van der Waals surface area contributed by atoms with Crippen LogP contribution in [0.4, 0.5) is 4.39 Å². The Kier molecular flexibility index (Phi) is 13.5. The summed E-state index contributed by atoms with van der Waals surface area (Å²) in [5.41, 5.74) is 2.20. The van der Waals surface area contributed by atoms with Crippen molar-refractivity contribution in [2.45, 2.75) is 79.3 Å². The van der Waals surface area contributed by atoms with E-state index in [1.165, 1.54) is 6.92 Å². The molecule has 0 bridgehead atoms. The van der Waals surface area contributed by atoms with Crippen LogP contribution in [0.1, 0.15) is 78.0 Å². The van der Waals surface area contributed by atoms with E-state index in [9.17, 15) is 18.8 Å². The van der Waals surface area contributed by atoms with E-state index in [1.54, 1.807) is 29.8 Å². The van der Waals surface area contributed by atoms with Gasteiger partial charge in [0.1, 0.15) is 6.67 Å². The number of hydrogen-bond acceptors (Lipinski definition) is 4. The SMILES string of the molecule is CC.CC(=O)O.CC(NC(=O)C(C)c1cccn(Cc2ccccc2C(C)(C)C)c1=O)C(=O)CF. The first-order chi connectivity index (χ1) is 16.3. The number of pyridine rings is 1. The lowest BCUT2D eigenvalue weighted by atomic mass is 9.84. The Labute approximate surface area is 207 Å². The van der Waals surface area contributed by atoms with Gasteiger partial charge in [0, 0.05) is 18.7 Å². The molecule has 7 nitrogen and oxygen atoms in total. The van der Waals surface area contributed by atoms with Gasteiger partial charge < -0.3 is 15.0 Å². The van der Waals surface area contributed by atoms with Crippen molar-refractivity contribution in [3.05, 3.63) is 69.6 Å². The Hall–Kier alpha value is -3.29. The van der Waals surface area contributed by atoms with Crippen LogP contribution in [0.3, 0.4) is 0 Å². The Balaban J connectivity index is 0.00000174. The van der Waals surface area contributed by atoms with Gasteiger partial charge in [0.2, 0.25) is 5.91 Å². The number of nitrogens with one attached hydrogen (secondary N) is 1. The number of carbonyl (C=O) groups excluding carboxylic acids is 2. The van der Waals surface area contributed by atoms with Crippen LogP contribution in [0.25, 0.3) is 0 Å². The highest BCUT2D eigenvalue weighted by Gasteiger charge is 2.23. The molecule has 2 N–H and O–H groups in total. The Morgan fingerprint density at radius 1 is 1.06 bits per heavy atom. The Morgan fingerprint density at radius 2 is 1.60 bits per heavy atom. The fourth-order valence-corrected chi connectivity index (χ4v) is 3.26. The van der Waals surface area contributed by atoms with Gasteiger partial charge in [-0.3, -0.25) is 19.2 Å². The van der Waals surface area contributed by atoms with Crippen molar-refractivity contribution in [2.75, 3.05) is 6.67 Å². The summed E-state index contributed by atoms with van der Waals surface area (Å²) in [6, 6.07) is 10.4. The fourth-order valence-electron chi connectivity index (χ4n) is 3.26.